The van der Waals surface area contributed by atoms with Gasteiger partial charge in [-0.25, -0.2) is 13.4 Å². The molecule has 4 N–H and O–H groups in total. The van der Waals surface area contributed by atoms with Crippen molar-refractivity contribution in [3.63, 3.8) is 0 Å². The number of nitrogens with one attached hydrogen (secondary N) is 2. The van der Waals surface area contributed by atoms with Gasteiger partial charge in [-0.15, -0.1) is 0 Å². The molecule has 2 aromatic heterocycles. The van der Waals surface area contributed by atoms with Crippen molar-refractivity contribution < 1.29 is 27.5 Å². The number of nitrogens with zero attached hydrogens (tertiary/aromatic N) is 3. The molecular formula is C27H30N6O6S. The minimum absolute atomic E-state index is 0.109. The van der Waals surface area contributed by atoms with Gasteiger partial charge in [0, 0.05) is 24.7 Å². The number of carbonyl (C=O) groups is 2. The number of para-hydroxylation sites is 1. The van der Waals surface area contributed by atoms with Gasteiger partial charge in [0.25, 0.3) is 11.8 Å². The molecule has 2 heterocycles. The van der Waals surface area contributed by atoms with E-state index in [1.165, 1.54) is 19.4 Å². The zero-order chi connectivity index (χ0) is 29.4. The lowest BCUT2D eigenvalue weighted by Crippen LogP contribution is -2.19. The predicted octanol–water partition coefficient (Wildman–Crippen LogP) is 3.79. The monoisotopic (exact) mass is 566 g/mol. The molecule has 40 heavy (non-hydrogen) atoms. The Morgan fingerprint density at radius 2 is 1.77 bits per heavy atom. The maximum Gasteiger partial charge on any atom is 0.286 e. The first kappa shape index (κ1) is 28.4. The first-order valence-electron chi connectivity index (χ1n) is 12.1. The Morgan fingerprint density at radius 1 is 1.07 bits per heavy atom. The number of benzene rings is 2. The number of carbonyl (C=O) groups excluding carboxylic acids is 2. The molecule has 0 unspecified atom stereocenters. The summed E-state index contributed by atoms with van der Waals surface area (Å²) < 4.78 is 39.7. The van der Waals surface area contributed by atoms with Crippen molar-refractivity contribution in [1.82, 2.24) is 14.5 Å². The minimum Gasteiger partial charge on any atom is -0.492 e. The minimum atomic E-state index is -3.63. The van der Waals surface area contributed by atoms with Crippen LogP contribution in [0.15, 0.2) is 48.7 Å². The van der Waals surface area contributed by atoms with Gasteiger partial charge in [0.05, 0.1) is 30.3 Å². The summed E-state index contributed by atoms with van der Waals surface area (Å²) in [4.78, 5) is 32.9. The highest BCUT2D eigenvalue weighted by atomic mass is 32.2. The van der Waals surface area contributed by atoms with Crippen LogP contribution < -0.4 is 25.2 Å². The first-order valence-corrected chi connectivity index (χ1v) is 14.0. The maximum atomic E-state index is 13.6. The van der Waals surface area contributed by atoms with E-state index in [0.717, 1.165) is 11.8 Å². The topological polar surface area (TPSA) is 168 Å². The van der Waals surface area contributed by atoms with Crippen molar-refractivity contribution in [2.45, 2.75) is 26.2 Å². The second-order valence-electron chi connectivity index (χ2n) is 10.2. The number of aromatic nitrogens is 3. The van der Waals surface area contributed by atoms with Crippen molar-refractivity contribution in [3.8, 4) is 17.4 Å². The number of nitrogens with two attached hydrogens (primary N) is 1. The number of anilines is 2. The zero-order valence-electron chi connectivity index (χ0n) is 22.9. The van der Waals surface area contributed by atoms with Gasteiger partial charge in [0.2, 0.25) is 21.7 Å². The third-order valence-corrected chi connectivity index (χ3v) is 6.61. The van der Waals surface area contributed by atoms with Crippen molar-refractivity contribution in [1.29, 1.82) is 0 Å². The second kappa shape index (κ2) is 10.5. The van der Waals surface area contributed by atoms with Crippen LogP contribution in [-0.2, 0) is 22.5 Å². The highest BCUT2D eigenvalue weighted by Crippen LogP contribution is 2.39. The van der Waals surface area contributed by atoms with Crippen LogP contribution >= 0.6 is 0 Å². The van der Waals surface area contributed by atoms with Crippen LogP contribution in [0.1, 0.15) is 47.4 Å². The average molecular weight is 567 g/mol. The highest BCUT2D eigenvalue weighted by Gasteiger charge is 2.24. The summed E-state index contributed by atoms with van der Waals surface area (Å²) in [5.41, 5.74) is 7.10. The Kier molecular flexibility index (Phi) is 7.44. The quantitative estimate of drug-likeness (QED) is 0.289. The molecule has 0 aliphatic rings. The van der Waals surface area contributed by atoms with Crippen LogP contribution in [0.2, 0.25) is 0 Å². The fourth-order valence-corrected chi connectivity index (χ4v) is 4.70. The summed E-state index contributed by atoms with van der Waals surface area (Å²) in [6.45, 7) is 5.92. The summed E-state index contributed by atoms with van der Waals surface area (Å²) in [6.07, 6.45) is 2.40. The van der Waals surface area contributed by atoms with Crippen molar-refractivity contribution in [2.24, 2.45) is 12.8 Å². The number of primary amides is 1. The zero-order valence-corrected chi connectivity index (χ0v) is 23.7. The molecule has 0 saturated carbocycles. The van der Waals surface area contributed by atoms with Crippen LogP contribution in [0.4, 0.5) is 11.4 Å². The highest BCUT2D eigenvalue weighted by molar-refractivity contribution is 7.92. The van der Waals surface area contributed by atoms with Crippen molar-refractivity contribution >= 4 is 44.1 Å². The first-order chi connectivity index (χ1) is 18.7. The Hall–Kier alpha value is -4.65. The molecule has 0 atom stereocenters. The number of aryl methyl sites for hydroxylation is 1. The number of amides is 2. The van der Waals surface area contributed by atoms with Crippen LogP contribution in [-0.4, -0.2) is 48.1 Å². The van der Waals surface area contributed by atoms with Gasteiger partial charge in [0.1, 0.15) is 5.69 Å². The van der Waals surface area contributed by atoms with Crippen molar-refractivity contribution in [2.75, 3.05) is 23.4 Å². The smallest absolute Gasteiger partial charge is 0.286 e. The molecule has 0 spiro atoms. The third kappa shape index (κ3) is 5.99. The molecule has 13 heteroatoms. The standard InChI is InChI=1S/C27H30N6O6S/c1-27(2,3)16-13-17(23(38-5)18(14-16)32-40(6,36)37)30-26(35)19-12-15-8-7-9-20(22(15)33(19)4)39-21-10-11-29-25(31-21)24(28)34/h7-14,32H,1-6H3,(H2,28,34)(H,30,35). The van der Waals surface area contributed by atoms with Gasteiger partial charge in [0.15, 0.2) is 11.5 Å². The van der Waals surface area contributed by atoms with E-state index in [2.05, 4.69) is 20.0 Å². The molecule has 4 aromatic rings. The van der Waals surface area contributed by atoms with Gasteiger partial charge in [-0.05, 0) is 35.2 Å². The number of methoxy groups -OCH3 is 1. The number of ether oxygens (including phenoxy) is 2. The largest absolute Gasteiger partial charge is 0.492 e. The van der Waals surface area contributed by atoms with E-state index in [0.29, 0.717) is 28.0 Å². The summed E-state index contributed by atoms with van der Waals surface area (Å²) in [5, 5.41) is 3.59. The number of hydrogen-bond donors (Lipinski definition) is 3. The number of rotatable bonds is 8. The molecule has 2 aromatic carbocycles. The van der Waals surface area contributed by atoms with E-state index in [-0.39, 0.29) is 28.6 Å². The van der Waals surface area contributed by atoms with E-state index in [1.807, 2.05) is 26.8 Å². The normalized spacial score (nSPS) is 11.8. The van der Waals surface area contributed by atoms with E-state index in [4.69, 9.17) is 15.2 Å². The lowest BCUT2D eigenvalue weighted by molar-refractivity contribution is 0.0987. The fourth-order valence-electron chi connectivity index (χ4n) is 4.15. The molecule has 0 aliphatic heterocycles. The average Bonchev–Trinajstić information content (AvgIpc) is 3.20. The molecule has 0 bridgehead atoms. The molecule has 12 nitrogen and oxygen atoms in total. The van der Waals surface area contributed by atoms with Crippen LogP contribution in [0.25, 0.3) is 10.9 Å². The van der Waals surface area contributed by atoms with Gasteiger partial charge in [-0.1, -0.05) is 32.9 Å². The molecule has 2 amide bonds. The van der Waals surface area contributed by atoms with Gasteiger partial charge >= 0.3 is 0 Å². The lowest BCUT2D eigenvalue weighted by Gasteiger charge is -2.24. The van der Waals surface area contributed by atoms with Crippen LogP contribution in [0.5, 0.6) is 17.4 Å². The summed E-state index contributed by atoms with van der Waals surface area (Å²) in [7, 11) is -0.525. The Labute approximate surface area is 231 Å². The van der Waals surface area contributed by atoms with E-state index in [1.54, 1.807) is 41.9 Å². The van der Waals surface area contributed by atoms with Gasteiger partial charge in [-0.2, -0.15) is 4.98 Å². The SMILES string of the molecule is COc1c(NC(=O)c2cc3cccc(Oc4ccnc(C(N)=O)n4)c3n2C)cc(C(C)(C)C)cc1NS(C)(=O)=O. The molecule has 4 rings (SSSR count). The van der Waals surface area contributed by atoms with E-state index >= 15 is 0 Å². The van der Waals surface area contributed by atoms with Crippen LogP contribution in [0, 0.1) is 0 Å². The summed E-state index contributed by atoms with van der Waals surface area (Å²) in [5.74, 6) is -0.769. The predicted molar refractivity (Wildman–Crippen MR) is 152 cm³/mol. The summed E-state index contributed by atoms with van der Waals surface area (Å²) in [6, 6.07) is 11.9. The second-order valence-corrected chi connectivity index (χ2v) is 11.9. The Bertz CT molecular complexity index is 1740. The number of fused-ring (bicyclic) bond motifs is 1. The summed E-state index contributed by atoms with van der Waals surface area (Å²) >= 11 is 0. The van der Waals surface area contributed by atoms with Crippen molar-refractivity contribution in [3.05, 3.63) is 65.7 Å². The molecule has 0 saturated heterocycles. The van der Waals surface area contributed by atoms with Gasteiger partial charge < -0.3 is 25.1 Å². The number of hydrogen-bond acceptors (Lipinski definition) is 8. The van der Waals surface area contributed by atoms with Crippen LogP contribution in [0.3, 0.4) is 0 Å². The maximum absolute atomic E-state index is 13.6. The van der Waals surface area contributed by atoms with E-state index < -0.39 is 21.8 Å². The van der Waals surface area contributed by atoms with E-state index in [9.17, 15) is 18.0 Å². The Morgan fingerprint density at radius 3 is 2.40 bits per heavy atom. The lowest BCUT2D eigenvalue weighted by atomic mass is 9.86. The number of sulfonamides is 1. The Balaban J connectivity index is 1.75. The van der Waals surface area contributed by atoms with Gasteiger partial charge in [-0.3, -0.25) is 14.3 Å². The molecular weight excluding hydrogens is 536 g/mol. The third-order valence-electron chi connectivity index (χ3n) is 6.02. The molecule has 0 fully saturated rings. The molecule has 210 valence electrons. The molecule has 0 aliphatic carbocycles. The fraction of sp³-hybridized carbons (Fsp3) is 0.259. The molecule has 0 radical (unpaired) electrons.